The first-order chi connectivity index (χ1) is 15.7. The minimum absolute atomic E-state index is 0.00262. The summed E-state index contributed by atoms with van der Waals surface area (Å²) in [6.45, 7) is 0. The van der Waals surface area contributed by atoms with Gasteiger partial charge < -0.3 is 14.8 Å². The van der Waals surface area contributed by atoms with Crippen molar-refractivity contribution in [3.05, 3.63) is 82.7 Å². The Morgan fingerprint density at radius 2 is 1.76 bits per heavy atom. The van der Waals surface area contributed by atoms with Gasteiger partial charge in [-0.25, -0.2) is 4.39 Å². The van der Waals surface area contributed by atoms with Crippen LogP contribution >= 0.6 is 0 Å². The van der Waals surface area contributed by atoms with Crippen LogP contribution in [0.15, 0.2) is 54.6 Å². The van der Waals surface area contributed by atoms with Crippen LogP contribution in [0.4, 0.5) is 23.2 Å². The lowest BCUT2D eigenvalue weighted by atomic mass is 10.0. The van der Waals surface area contributed by atoms with Gasteiger partial charge in [-0.2, -0.15) is 18.4 Å². The van der Waals surface area contributed by atoms with E-state index in [1.807, 2.05) is 0 Å². The van der Waals surface area contributed by atoms with E-state index < -0.39 is 29.2 Å². The van der Waals surface area contributed by atoms with Gasteiger partial charge in [0.2, 0.25) is 0 Å². The minimum Gasteiger partial charge on any atom is -0.493 e. The Morgan fingerprint density at radius 1 is 1.00 bits per heavy atom. The number of nitriles is 1. The van der Waals surface area contributed by atoms with Crippen LogP contribution in [-0.4, -0.2) is 13.0 Å². The number of hydrogen-bond acceptors (Lipinski definition) is 4. The summed E-state index contributed by atoms with van der Waals surface area (Å²) in [7, 11) is 1.31. The van der Waals surface area contributed by atoms with E-state index in [4.69, 9.17) is 14.7 Å². The standard InChI is InChI=1S/C24H14F4N2O3/c1-32-22-10-13(8-17-16-11-15(25)4-5-19(16)30-23(17)31)2-7-21(22)33-20-6-3-14(12-29)9-18(20)24(26,27)28/h2-11H,1H3,(H,30,31). The summed E-state index contributed by atoms with van der Waals surface area (Å²) < 4.78 is 64.7. The zero-order valence-electron chi connectivity index (χ0n) is 17.0. The monoisotopic (exact) mass is 454 g/mol. The molecule has 3 aromatic carbocycles. The molecule has 0 saturated heterocycles. The molecule has 3 aromatic rings. The number of nitrogens with zero attached hydrogens (tertiary/aromatic N) is 1. The topological polar surface area (TPSA) is 71.3 Å². The maximum absolute atomic E-state index is 13.6. The van der Waals surface area contributed by atoms with Gasteiger partial charge in [0.15, 0.2) is 11.5 Å². The number of nitrogens with one attached hydrogen (secondary N) is 1. The van der Waals surface area contributed by atoms with E-state index in [9.17, 15) is 22.4 Å². The molecule has 166 valence electrons. The van der Waals surface area contributed by atoms with Crippen LogP contribution < -0.4 is 14.8 Å². The molecular formula is C24H14F4N2O3. The van der Waals surface area contributed by atoms with Crippen LogP contribution in [0.3, 0.4) is 0 Å². The smallest absolute Gasteiger partial charge is 0.420 e. The highest BCUT2D eigenvalue weighted by molar-refractivity contribution is 6.34. The number of anilines is 1. The van der Waals surface area contributed by atoms with Crippen LogP contribution in [0.5, 0.6) is 17.2 Å². The summed E-state index contributed by atoms with van der Waals surface area (Å²) in [5, 5.41) is 11.5. The number of rotatable bonds is 4. The lowest BCUT2D eigenvalue weighted by molar-refractivity contribution is -0.138. The van der Waals surface area contributed by atoms with Gasteiger partial charge in [-0.15, -0.1) is 0 Å². The van der Waals surface area contributed by atoms with E-state index >= 15 is 0 Å². The second-order valence-corrected chi connectivity index (χ2v) is 7.03. The normalized spacial score (nSPS) is 13.9. The Kier molecular flexibility index (Phi) is 5.52. The summed E-state index contributed by atoms with van der Waals surface area (Å²) in [4.78, 5) is 12.3. The number of ether oxygens (including phenoxy) is 2. The number of hydrogen-bond donors (Lipinski definition) is 1. The minimum atomic E-state index is -4.74. The van der Waals surface area contributed by atoms with Crippen molar-refractivity contribution in [2.24, 2.45) is 0 Å². The van der Waals surface area contributed by atoms with E-state index in [1.165, 1.54) is 55.7 Å². The molecule has 0 bridgehead atoms. The summed E-state index contributed by atoms with van der Waals surface area (Å²) in [5.74, 6) is -1.30. The molecule has 1 amide bonds. The van der Waals surface area contributed by atoms with Gasteiger partial charge in [0.05, 0.1) is 24.3 Å². The number of benzene rings is 3. The molecule has 5 nitrogen and oxygen atoms in total. The molecule has 0 aromatic heterocycles. The van der Waals surface area contributed by atoms with Gasteiger partial charge in [0.1, 0.15) is 11.6 Å². The fourth-order valence-electron chi connectivity index (χ4n) is 3.36. The summed E-state index contributed by atoms with van der Waals surface area (Å²) >= 11 is 0. The first-order valence-electron chi connectivity index (χ1n) is 9.50. The number of halogens is 4. The van der Waals surface area contributed by atoms with Crippen molar-refractivity contribution in [2.75, 3.05) is 12.4 Å². The van der Waals surface area contributed by atoms with E-state index in [0.717, 1.165) is 6.07 Å². The fraction of sp³-hybridized carbons (Fsp3) is 0.0833. The predicted octanol–water partition coefficient (Wildman–Crippen LogP) is 6.01. The zero-order valence-corrected chi connectivity index (χ0v) is 17.0. The molecule has 1 aliphatic rings. The average molecular weight is 454 g/mol. The SMILES string of the molecule is COc1cc(C=C2C(=O)Nc3ccc(F)cc32)ccc1Oc1ccc(C#N)cc1C(F)(F)F. The number of fused-ring (bicyclic) bond motifs is 1. The molecule has 1 N–H and O–H groups in total. The third kappa shape index (κ3) is 4.36. The Hall–Kier alpha value is -4.32. The number of amides is 1. The van der Waals surface area contributed by atoms with E-state index in [2.05, 4.69) is 5.32 Å². The Morgan fingerprint density at radius 3 is 2.45 bits per heavy atom. The average Bonchev–Trinajstić information content (AvgIpc) is 3.08. The number of carbonyl (C=O) groups is 1. The largest absolute Gasteiger partial charge is 0.493 e. The van der Waals surface area contributed by atoms with Crippen LogP contribution in [0.25, 0.3) is 11.6 Å². The van der Waals surface area contributed by atoms with E-state index in [1.54, 1.807) is 6.07 Å². The highest BCUT2D eigenvalue weighted by Crippen LogP contribution is 2.41. The van der Waals surface area contributed by atoms with Crippen LogP contribution in [0.2, 0.25) is 0 Å². The maximum Gasteiger partial charge on any atom is 0.420 e. The quantitative estimate of drug-likeness (QED) is 0.387. The van der Waals surface area contributed by atoms with Gasteiger partial charge in [0.25, 0.3) is 5.91 Å². The molecule has 1 aliphatic heterocycles. The van der Waals surface area contributed by atoms with Crippen LogP contribution in [0, 0.1) is 17.1 Å². The van der Waals surface area contributed by atoms with Gasteiger partial charge in [-0.1, -0.05) is 6.07 Å². The number of alkyl halides is 3. The molecule has 0 fully saturated rings. The molecular weight excluding hydrogens is 440 g/mol. The molecule has 0 unspecified atom stereocenters. The maximum atomic E-state index is 13.6. The molecule has 4 rings (SSSR count). The summed E-state index contributed by atoms with van der Waals surface area (Å²) in [6.07, 6.45) is -3.23. The Labute approximate surface area is 185 Å². The predicted molar refractivity (Wildman–Crippen MR) is 112 cm³/mol. The lowest BCUT2D eigenvalue weighted by Crippen LogP contribution is -2.08. The van der Waals surface area contributed by atoms with Crippen molar-refractivity contribution in [1.29, 1.82) is 5.26 Å². The van der Waals surface area contributed by atoms with Crippen molar-refractivity contribution >= 4 is 23.2 Å². The first-order valence-corrected chi connectivity index (χ1v) is 9.50. The molecule has 0 atom stereocenters. The molecule has 33 heavy (non-hydrogen) atoms. The highest BCUT2D eigenvalue weighted by Gasteiger charge is 2.35. The first kappa shape index (κ1) is 21.9. The molecule has 0 spiro atoms. The molecule has 0 saturated carbocycles. The van der Waals surface area contributed by atoms with Crippen molar-refractivity contribution in [1.82, 2.24) is 0 Å². The van der Waals surface area contributed by atoms with Crippen LogP contribution in [0.1, 0.15) is 22.3 Å². The van der Waals surface area contributed by atoms with Gasteiger partial charge in [-0.05, 0) is 60.2 Å². The molecule has 9 heteroatoms. The zero-order chi connectivity index (χ0) is 23.8. The fourth-order valence-corrected chi connectivity index (χ4v) is 3.36. The van der Waals surface area contributed by atoms with Crippen molar-refractivity contribution < 1.29 is 31.8 Å². The third-order valence-corrected chi connectivity index (χ3v) is 4.90. The van der Waals surface area contributed by atoms with Gasteiger partial charge in [-0.3, -0.25) is 4.79 Å². The molecule has 0 aliphatic carbocycles. The summed E-state index contributed by atoms with van der Waals surface area (Å²) in [6, 6.07) is 13.0. The number of carbonyl (C=O) groups excluding carboxylic acids is 1. The summed E-state index contributed by atoms with van der Waals surface area (Å²) in [5.41, 5.74) is 0.321. The highest BCUT2D eigenvalue weighted by atomic mass is 19.4. The van der Waals surface area contributed by atoms with Gasteiger partial charge >= 0.3 is 6.18 Å². The van der Waals surface area contributed by atoms with E-state index in [-0.39, 0.29) is 22.6 Å². The second-order valence-electron chi connectivity index (χ2n) is 7.03. The number of methoxy groups -OCH3 is 1. The van der Waals surface area contributed by atoms with Crippen molar-refractivity contribution in [3.8, 4) is 23.3 Å². The van der Waals surface area contributed by atoms with Gasteiger partial charge in [0, 0.05) is 16.8 Å². The second kappa shape index (κ2) is 8.31. The van der Waals surface area contributed by atoms with Crippen molar-refractivity contribution in [2.45, 2.75) is 6.18 Å². The molecule has 0 radical (unpaired) electrons. The van der Waals surface area contributed by atoms with Crippen molar-refractivity contribution in [3.63, 3.8) is 0 Å². The lowest BCUT2D eigenvalue weighted by Gasteiger charge is -2.16. The van der Waals surface area contributed by atoms with Crippen LogP contribution in [-0.2, 0) is 11.0 Å². The molecule has 1 heterocycles. The Bertz CT molecular complexity index is 1340. The third-order valence-electron chi connectivity index (χ3n) is 4.90. The van der Waals surface area contributed by atoms with E-state index in [0.29, 0.717) is 22.9 Å². The Balaban J connectivity index is 1.70.